The Morgan fingerprint density at radius 1 is 1.30 bits per heavy atom. The maximum absolute atomic E-state index is 12.1. The molecule has 0 bridgehead atoms. The van der Waals surface area contributed by atoms with Crippen molar-refractivity contribution in [2.24, 2.45) is 5.92 Å². The molecule has 1 aliphatic heterocycles. The molecule has 0 radical (unpaired) electrons. The van der Waals surface area contributed by atoms with Crippen LogP contribution in [0, 0.1) is 5.92 Å². The molecule has 1 atom stereocenters. The van der Waals surface area contributed by atoms with E-state index in [2.05, 4.69) is 5.32 Å². The zero-order chi connectivity index (χ0) is 14.7. The standard InChI is InChI=1S/C13H14Cl2N2O3/c14-10-4-3-9(6-11(10)15)16-13(20)17-5-1-2-8(7-17)12(18)19/h3-4,6,8H,1-2,5,7H2,(H,16,20)(H,18,19)/t8-/m1/s1. The lowest BCUT2D eigenvalue weighted by atomic mass is 9.99. The summed E-state index contributed by atoms with van der Waals surface area (Å²) in [6, 6.07) is 4.47. The van der Waals surface area contributed by atoms with Crippen LogP contribution in [0.15, 0.2) is 18.2 Å². The Balaban J connectivity index is 2.00. The van der Waals surface area contributed by atoms with Gasteiger partial charge in [0.1, 0.15) is 0 Å². The maximum Gasteiger partial charge on any atom is 0.321 e. The van der Waals surface area contributed by atoms with E-state index in [0.29, 0.717) is 35.1 Å². The van der Waals surface area contributed by atoms with Crippen LogP contribution in [0.3, 0.4) is 0 Å². The number of halogens is 2. The van der Waals surface area contributed by atoms with Crippen molar-refractivity contribution < 1.29 is 14.7 Å². The number of anilines is 1. The number of hydrogen-bond acceptors (Lipinski definition) is 2. The molecule has 1 aliphatic rings. The second kappa shape index (κ2) is 6.33. The second-order valence-corrected chi connectivity index (χ2v) is 5.50. The summed E-state index contributed by atoms with van der Waals surface area (Å²) >= 11 is 11.7. The number of carboxylic acids is 1. The molecular formula is C13H14Cl2N2O3. The highest BCUT2D eigenvalue weighted by molar-refractivity contribution is 6.42. The van der Waals surface area contributed by atoms with Crippen molar-refractivity contribution in [3.63, 3.8) is 0 Å². The molecule has 1 heterocycles. The van der Waals surface area contributed by atoms with Gasteiger partial charge in [0.05, 0.1) is 16.0 Å². The van der Waals surface area contributed by atoms with Gasteiger partial charge in [-0.05, 0) is 31.0 Å². The van der Waals surface area contributed by atoms with Gasteiger partial charge in [-0.15, -0.1) is 0 Å². The predicted molar refractivity (Wildman–Crippen MR) is 77.4 cm³/mol. The zero-order valence-corrected chi connectivity index (χ0v) is 12.1. The van der Waals surface area contributed by atoms with Gasteiger partial charge in [-0.3, -0.25) is 4.79 Å². The Bertz CT molecular complexity index is 536. The number of urea groups is 1. The van der Waals surface area contributed by atoms with Crippen LogP contribution in [0.2, 0.25) is 10.0 Å². The summed E-state index contributed by atoms with van der Waals surface area (Å²) in [7, 11) is 0. The van der Waals surface area contributed by atoms with Gasteiger partial charge in [0.25, 0.3) is 0 Å². The number of nitrogens with zero attached hydrogens (tertiary/aromatic N) is 1. The lowest BCUT2D eigenvalue weighted by molar-refractivity contribution is -0.143. The van der Waals surface area contributed by atoms with Crippen LogP contribution in [-0.2, 0) is 4.79 Å². The van der Waals surface area contributed by atoms with Gasteiger partial charge in [-0.25, -0.2) is 4.79 Å². The van der Waals surface area contributed by atoms with Crippen molar-refractivity contribution in [3.8, 4) is 0 Å². The van der Waals surface area contributed by atoms with Crippen LogP contribution in [-0.4, -0.2) is 35.1 Å². The molecule has 2 amide bonds. The third-order valence-electron chi connectivity index (χ3n) is 3.23. The molecule has 0 aliphatic carbocycles. The van der Waals surface area contributed by atoms with E-state index in [1.165, 1.54) is 4.90 Å². The molecule has 7 heteroatoms. The molecule has 0 spiro atoms. The molecule has 0 unspecified atom stereocenters. The topological polar surface area (TPSA) is 69.6 Å². The number of piperidine rings is 1. The largest absolute Gasteiger partial charge is 0.481 e. The van der Waals surface area contributed by atoms with E-state index in [0.717, 1.165) is 0 Å². The summed E-state index contributed by atoms with van der Waals surface area (Å²) in [4.78, 5) is 24.6. The first-order valence-corrected chi connectivity index (χ1v) is 6.97. The summed E-state index contributed by atoms with van der Waals surface area (Å²) in [5.41, 5.74) is 0.529. The molecule has 1 fully saturated rings. The van der Waals surface area contributed by atoms with Gasteiger partial charge in [0.15, 0.2) is 0 Å². The lowest BCUT2D eigenvalue weighted by Crippen LogP contribution is -2.44. The first-order valence-electron chi connectivity index (χ1n) is 6.21. The predicted octanol–water partition coefficient (Wildman–Crippen LogP) is 3.32. The monoisotopic (exact) mass is 316 g/mol. The van der Waals surface area contributed by atoms with Gasteiger partial charge in [-0.1, -0.05) is 23.2 Å². The van der Waals surface area contributed by atoms with Crippen molar-refractivity contribution in [1.29, 1.82) is 0 Å². The van der Waals surface area contributed by atoms with Crippen LogP contribution >= 0.6 is 23.2 Å². The van der Waals surface area contributed by atoms with E-state index >= 15 is 0 Å². The van der Waals surface area contributed by atoms with Crippen LogP contribution in [0.4, 0.5) is 10.5 Å². The number of rotatable bonds is 2. The van der Waals surface area contributed by atoms with Crippen LogP contribution in [0.25, 0.3) is 0 Å². The van der Waals surface area contributed by atoms with Crippen molar-refractivity contribution in [2.75, 3.05) is 18.4 Å². The lowest BCUT2D eigenvalue weighted by Gasteiger charge is -2.30. The van der Waals surface area contributed by atoms with E-state index in [1.807, 2.05) is 0 Å². The van der Waals surface area contributed by atoms with E-state index < -0.39 is 11.9 Å². The van der Waals surface area contributed by atoms with E-state index in [9.17, 15) is 9.59 Å². The SMILES string of the molecule is O=C(O)[C@@H]1CCCN(C(=O)Nc2ccc(Cl)c(Cl)c2)C1. The molecule has 0 aromatic heterocycles. The van der Waals surface area contributed by atoms with Crippen molar-refractivity contribution in [1.82, 2.24) is 4.90 Å². The number of benzene rings is 1. The fraction of sp³-hybridized carbons (Fsp3) is 0.385. The van der Waals surface area contributed by atoms with Gasteiger partial charge >= 0.3 is 12.0 Å². The molecule has 1 aromatic rings. The summed E-state index contributed by atoms with van der Waals surface area (Å²) in [5, 5.41) is 12.5. The third kappa shape index (κ3) is 3.55. The fourth-order valence-electron chi connectivity index (χ4n) is 2.14. The highest BCUT2D eigenvalue weighted by atomic mass is 35.5. The van der Waals surface area contributed by atoms with Gasteiger partial charge in [-0.2, -0.15) is 0 Å². The molecule has 5 nitrogen and oxygen atoms in total. The van der Waals surface area contributed by atoms with E-state index in [-0.39, 0.29) is 12.6 Å². The molecule has 0 saturated carbocycles. The Morgan fingerprint density at radius 3 is 2.70 bits per heavy atom. The van der Waals surface area contributed by atoms with Gasteiger partial charge < -0.3 is 15.3 Å². The zero-order valence-electron chi connectivity index (χ0n) is 10.6. The normalized spacial score (nSPS) is 18.7. The number of carboxylic acid groups (broad SMARTS) is 1. The van der Waals surface area contributed by atoms with Crippen LogP contribution in [0.5, 0.6) is 0 Å². The minimum atomic E-state index is -0.864. The molecule has 2 N–H and O–H groups in total. The Kier molecular flexibility index (Phi) is 4.73. The average Bonchev–Trinajstić information content (AvgIpc) is 2.43. The molecule has 1 aromatic carbocycles. The third-order valence-corrected chi connectivity index (χ3v) is 3.97. The minimum Gasteiger partial charge on any atom is -0.481 e. The number of carbonyl (C=O) groups excluding carboxylic acids is 1. The quantitative estimate of drug-likeness (QED) is 0.879. The Morgan fingerprint density at radius 2 is 2.05 bits per heavy atom. The average molecular weight is 317 g/mol. The number of carbonyl (C=O) groups is 2. The molecule has 2 rings (SSSR count). The first kappa shape index (κ1) is 14.9. The first-order chi connectivity index (χ1) is 9.47. The minimum absolute atomic E-state index is 0.225. The number of aliphatic carboxylic acids is 1. The van der Waals surface area contributed by atoms with Crippen molar-refractivity contribution in [3.05, 3.63) is 28.2 Å². The number of amides is 2. The molecule has 108 valence electrons. The van der Waals surface area contributed by atoms with E-state index in [4.69, 9.17) is 28.3 Å². The van der Waals surface area contributed by atoms with Crippen molar-refractivity contribution in [2.45, 2.75) is 12.8 Å². The summed E-state index contributed by atoms with van der Waals surface area (Å²) in [5.74, 6) is -1.36. The van der Waals surface area contributed by atoms with Gasteiger partial charge in [0.2, 0.25) is 0 Å². The molecular weight excluding hydrogens is 303 g/mol. The maximum atomic E-state index is 12.1. The van der Waals surface area contributed by atoms with Crippen molar-refractivity contribution >= 4 is 40.9 Å². The van der Waals surface area contributed by atoms with Crippen LogP contribution < -0.4 is 5.32 Å². The highest BCUT2D eigenvalue weighted by Gasteiger charge is 2.28. The Hall–Kier alpha value is -1.46. The number of nitrogens with one attached hydrogen (secondary N) is 1. The highest BCUT2D eigenvalue weighted by Crippen LogP contribution is 2.25. The smallest absolute Gasteiger partial charge is 0.321 e. The Labute approximate surface area is 126 Å². The molecule has 20 heavy (non-hydrogen) atoms. The van der Waals surface area contributed by atoms with E-state index in [1.54, 1.807) is 18.2 Å². The second-order valence-electron chi connectivity index (χ2n) is 4.68. The number of likely N-dealkylation sites (tertiary alicyclic amines) is 1. The summed E-state index contributed by atoms with van der Waals surface area (Å²) < 4.78 is 0. The number of hydrogen-bond donors (Lipinski definition) is 2. The van der Waals surface area contributed by atoms with Gasteiger partial charge in [0, 0.05) is 18.8 Å². The summed E-state index contributed by atoms with van der Waals surface area (Å²) in [6.45, 7) is 0.777. The van der Waals surface area contributed by atoms with Crippen LogP contribution in [0.1, 0.15) is 12.8 Å². The molecule has 1 saturated heterocycles. The summed E-state index contributed by atoms with van der Waals surface area (Å²) in [6.07, 6.45) is 1.29. The fourth-order valence-corrected chi connectivity index (χ4v) is 2.44.